The van der Waals surface area contributed by atoms with Crippen LogP contribution in [-0.2, 0) is 4.74 Å². The molecule has 0 aliphatic carbocycles. The van der Waals surface area contributed by atoms with Crippen LogP contribution < -0.4 is 0 Å². The molecular formula is C14H28O2. The summed E-state index contributed by atoms with van der Waals surface area (Å²) >= 11 is 0. The predicted molar refractivity (Wildman–Crippen MR) is 67.5 cm³/mol. The summed E-state index contributed by atoms with van der Waals surface area (Å²) in [5, 5.41) is 10.2. The fraction of sp³-hybridized carbons (Fsp3) is 1.00. The van der Waals surface area contributed by atoms with Crippen molar-refractivity contribution in [1.82, 2.24) is 0 Å². The number of aliphatic hydroxyl groups is 1. The molecule has 2 unspecified atom stereocenters. The van der Waals surface area contributed by atoms with Gasteiger partial charge in [0.15, 0.2) is 0 Å². The third-order valence-corrected chi connectivity index (χ3v) is 3.91. The Morgan fingerprint density at radius 3 is 2.50 bits per heavy atom. The lowest BCUT2D eigenvalue weighted by Crippen LogP contribution is -2.26. The summed E-state index contributed by atoms with van der Waals surface area (Å²) in [6.45, 7) is 6.21. The van der Waals surface area contributed by atoms with Crippen molar-refractivity contribution in [2.45, 2.75) is 64.9 Å². The number of hydrogen-bond donors (Lipinski definition) is 1. The first-order valence-corrected chi connectivity index (χ1v) is 7.03. The highest BCUT2D eigenvalue weighted by Crippen LogP contribution is 2.26. The van der Waals surface area contributed by atoms with Crippen LogP contribution in [-0.4, -0.2) is 24.4 Å². The Labute approximate surface area is 100 Å². The maximum atomic E-state index is 10.2. The Morgan fingerprint density at radius 1 is 1.25 bits per heavy atom. The first kappa shape index (κ1) is 14.0. The normalized spacial score (nSPS) is 21.9. The van der Waals surface area contributed by atoms with Crippen molar-refractivity contribution in [3.05, 3.63) is 0 Å². The van der Waals surface area contributed by atoms with Gasteiger partial charge in [-0.1, -0.05) is 33.1 Å². The van der Waals surface area contributed by atoms with Crippen molar-refractivity contribution in [1.29, 1.82) is 0 Å². The van der Waals surface area contributed by atoms with E-state index in [2.05, 4.69) is 13.8 Å². The van der Waals surface area contributed by atoms with Crippen molar-refractivity contribution in [2.75, 3.05) is 13.2 Å². The molecule has 1 aliphatic rings. The van der Waals surface area contributed by atoms with Gasteiger partial charge in [-0.15, -0.1) is 0 Å². The van der Waals surface area contributed by atoms with E-state index >= 15 is 0 Å². The Kier molecular flexibility index (Phi) is 7.06. The molecule has 0 aromatic rings. The minimum Gasteiger partial charge on any atom is -0.393 e. The summed E-state index contributed by atoms with van der Waals surface area (Å²) in [5.41, 5.74) is 0. The zero-order valence-electron chi connectivity index (χ0n) is 11.0. The number of rotatable bonds is 7. The Hall–Kier alpha value is -0.0800. The molecule has 16 heavy (non-hydrogen) atoms. The Morgan fingerprint density at radius 2 is 1.94 bits per heavy atom. The lowest BCUT2D eigenvalue weighted by atomic mass is 9.85. The molecule has 0 aromatic heterocycles. The van der Waals surface area contributed by atoms with E-state index in [0.717, 1.165) is 38.9 Å². The van der Waals surface area contributed by atoms with Crippen LogP contribution in [0.5, 0.6) is 0 Å². The SMILES string of the molecule is CCCCC(CC)C(O)CC1CCOCC1. The molecule has 0 amide bonds. The summed E-state index contributed by atoms with van der Waals surface area (Å²) in [5.74, 6) is 1.21. The molecule has 2 heteroatoms. The van der Waals surface area contributed by atoms with Crippen LogP contribution >= 0.6 is 0 Å². The molecule has 1 aliphatic heterocycles. The molecule has 1 heterocycles. The number of unbranched alkanes of at least 4 members (excludes halogenated alkanes) is 1. The average Bonchev–Trinajstić information content (AvgIpc) is 2.31. The quantitative estimate of drug-likeness (QED) is 0.724. The number of ether oxygens (including phenoxy) is 1. The van der Waals surface area contributed by atoms with Gasteiger partial charge in [0, 0.05) is 13.2 Å². The minimum absolute atomic E-state index is 0.0837. The molecule has 1 rings (SSSR count). The van der Waals surface area contributed by atoms with Crippen LogP contribution in [0.1, 0.15) is 58.8 Å². The molecule has 2 nitrogen and oxygen atoms in total. The van der Waals surface area contributed by atoms with E-state index in [1.165, 1.54) is 19.3 Å². The molecule has 0 saturated carbocycles. The topological polar surface area (TPSA) is 29.5 Å². The number of hydrogen-bond acceptors (Lipinski definition) is 2. The fourth-order valence-electron chi connectivity index (χ4n) is 2.65. The molecule has 1 N–H and O–H groups in total. The first-order valence-electron chi connectivity index (χ1n) is 7.03. The third-order valence-electron chi connectivity index (χ3n) is 3.91. The van der Waals surface area contributed by atoms with Gasteiger partial charge in [0.2, 0.25) is 0 Å². The van der Waals surface area contributed by atoms with Gasteiger partial charge in [0.1, 0.15) is 0 Å². The molecule has 96 valence electrons. The molecule has 1 saturated heterocycles. The van der Waals surface area contributed by atoms with E-state index in [4.69, 9.17) is 4.74 Å². The van der Waals surface area contributed by atoms with E-state index in [1.807, 2.05) is 0 Å². The van der Waals surface area contributed by atoms with E-state index in [9.17, 15) is 5.11 Å². The van der Waals surface area contributed by atoms with Crippen LogP contribution in [0, 0.1) is 11.8 Å². The molecule has 0 bridgehead atoms. The molecule has 2 atom stereocenters. The van der Waals surface area contributed by atoms with Crippen molar-refractivity contribution >= 4 is 0 Å². The van der Waals surface area contributed by atoms with Gasteiger partial charge in [-0.3, -0.25) is 0 Å². The predicted octanol–water partition coefficient (Wildman–Crippen LogP) is 3.38. The van der Waals surface area contributed by atoms with Gasteiger partial charge in [-0.2, -0.15) is 0 Å². The van der Waals surface area contributed by atoms with Crippen molar-refractivity contribution in [3.8, 4) is 0 Å². The van der Waals surface area contributed by atoms with Crippen molar-refractivity contribution in [3.63, 3.8) is 0 Å². The minimum atomic E-state index is -0.0837. The van der Waals surface area contributed by atoms with E-state index in [0.29, 0.717) is 11.8 Å². The summed E-state index contributed by atoms with van der Waals surface area (Å²) in [7, 11) is 0. The highest BCUT2D eigenvalue weighted by molar-refractivity contribution is 4.73. The highest BCUT2D eigenvalue weighted by atomic mass is 16.5. The molecule has 1 fully saturated rings. The second kappa shape index (κ2) is 8.08. The second-order valence-corrected chi connectivity index (χ2v) is 5.17. The Bertz CT molecular complexity index is 164. The van der Waals surface area contributed by atoms with Gasteiger partial charge in [-0.25, -0.2) is 0 Å². The number of aliphatic hydroxyl groups excluding tert-OH is 1. The summed E-state index contributed by atoms with van der Waals surface area (Å²) in [6, 6.07) is 0. The molecule has 0 spiro atoms. The van der Waals surface area contributed by atoms with E-state index in [-0.39, 0.29) is 6.10 Å². The van der Waals surface area contributed by atoms with Gasteiger partial charge < -0.3 is 9.84 Å². The van der Waals surface area contributed by atoms with Crippen LogP contribution in [0.4, 0.5) is 0 Å². The van der Waals surface area contributed by atoms with Crippen molar-refractivity contribution < 1.29 is 9.84 Å². The first-order chi connectivity index (χ1) is 7.77. The van der Waals surface area contributed by atoms with E-state index < -0.39 is 0 Å². The third kappa shape index (κ3) is 4.84. The van der Waals surface area contributed by atoms with Crippen LogP contribution in [0.15, 0.2) is 0 Å². The molecule has 0 radical (unpaired) electrons. The van der Waals surface area contributed by atoms with Gasteiger partial charge >= 0.3 is 0 Å². The summed E-state index contributed by atoms with van der Waals surface area (Å²) in [4.78, 5) is 0. The zero-order chi connectivity index (χ0) is 11.8. The maximum absolute atomic E-state index is 10.2. The summed E-state index contributed by atoms with van der Waals surface area (Å²) < 4.78 is 5.35. The van der Waals surface area contributed by atoms with Gasteiger partial charge in [0.25, 0.3) is 0 Å². The standard InChI is InChI=1S/C14H28O2/c1-3-5-6-13(4-2)14(15)11-12-7-9-16-10-8-12/h12-15H,3-11H2,1-2H3. The molecular weight excluding hydrogens is 200 g/mol. The van der Waals surface area contributed by atoms with Crippen LogP contribution in [0.25, 0.3) is 0 Å². The highest BCUT2D eigenvalue weighted by Gasteiger charge is 2.22. The van der Waals surface area contributed by atoms with Crippen LogP contribution in [0.2, 0.25) is 0 Å². The smallest absolute Gasteiger partial charge is 0.0571 e. The maximum Gasteiger partial charge on any atom is 0.0571 e. The monoisotopic (exact) mass is 228 g/mol. The lowest BCUT2D eigenvalue weighted by Gasteiger charge is -2.28. The van der Waals surface area contributed by atoms with Crippen molar-refractivity contribution in [2.24, 2.45) is 11.8 Å². The van der Waals surface area contributed by atoms with Gasteiger partial charge in [-0.05, 0) is 37.5 Å². The van der Waals surface area contributed by atoms with E-state index in [1.54, 1.807) is 0 Å². The lowest BCUT2D eigenvalue weighted by molar-refractivity contribution is 0.0248. The summed E-state index contributed by atoms with van der Waals surface area (Å²) in [6.07, 6.45) is 7.99. The average molecular weight is 228 g/mol. The second-order valence-electron chi connectivity index (χ2n) is 5.17. The zero-order valence-corrected chi connectivity index (χ0v) is 11.0. The Balaban J connectivity index is 2.26. The largest absolute Gasteiger partial charge is 0.393 e. The molecule has 0 aromatic carbocycles. The van der Waals surface area contributed by atoms with Crippen LogP contribution in [0.3, 0.4) is 0 Å². The fourth-order valence-corrected chi connectivity index (χ4v) is 2.65. The van der Waals surface area contributed by atoms with Gasteiger partial charge in [0.05, 0.1) is 6.10 Å².